The summed E-state index contributed by atoms with van der Waals surface area (Å²) in [4.78, 5) is 0. The average molecular weight is 340 g/mol. The second kappa shape index (κ2) is 17.1. The van der Waals surface area contributed by atoms with E-state index in [2.05, 4.69) is 33.0 Å². The van der Waals surface area contributed by atoms with Crippen molar-refractivity contribution in [2.24, 2.45) is 0 Å². The topological polar surface area (TPSA) is 0 Å². The molecule has 0 aliphatic heterocycles. The van der Waals surface area contributed by atoms with Crippen LogP contribution in [0.15, 0.2) is 0 Å². The van der Waals surface area contributed by atoms with Crippen LogP contribution in [0, 0.1) is 6.04 Å². The van der Waals surface area contributed by atoms with Gasteiger partial charge in [-0.1, -0.05) is 136 Å². The van der Waals surface area contributed by atoms with Gasteiger partial charge in [-0.3, -0.25) is 0 Å². The van der Waals surface area contributed by atoms with Gasteiger partial charge in [-0.25, -0.2) is 0 Å². The van der Waals surface area contributed by atoms with Crippen LogP contribution in [-0.4, -0.2) is 8.07 Å². The van der Waals surface area contributed by atoms with Crippen LogP contribution in [0.2, 0.25) is 19.1 Å². The highest BCUT2D eigenvalue weighted by atomic mass is 28.3. The minimum atomic E-state index is -0.909. The lowest BCUT2D eigenvalue weighted by Crippen LogP contribution is -2.24. The Balaban J connectivity index is 3.05. The van der Waals surface area contributed by atoms with Gasteiger partial charge in [-0.15, -0.1) is 0 Å². The summed E-state index contributed by atoms with van der Waals surface area (Å²) in [5, 5.41) is 0. The van der Waals surface area contributed by atoms with Gasteiger partial charge >= 0.3 is 0 Å². The summed E-state index contributed by atoms with van der Waals surface area (Å²) >= 11 is 0. The van der Waals surface area contributed by atoms with Crippen LogP contribution in [0.25, 0.3) is 0 Å². The van der Waals surface area contributed by atoms with E-state index in [0.717, 1.165) is 0 Å². The summed E-state index contributed by atoms with van der Waals surface area (Å²) in [7, 11) is -0.909. The number of unbranched alkanes of at least 4 members (excludes halogenated alkanes) is 15. The SMILES string of the molecule is C[CH][Si](C)(C)CCCCCCCCCCCCCCCCCC. The maximum atomic E-state index is 2.50. The first-order chi connectivity index (χ1) is 11.1. The number of rotatable bonds is 18. The molecule has 23 heavy (non-hydrogen) atoms. The molecule has 0 aliphatic carbocycles. The zero-order chi connectivity index (χ0) is 17.2. The van der Waals surface area contributed by atoms with Gasteiger partial charge in [0.1, 0.15) is 0 Å². The van der Waals surface area contributed by atoms with E-state index in [4.69, 9.17) is 0 Å². The summed E-state index contributed by atoms with van der Waals surface area (Å²) in [6.07, 6.45) is 23.5. The van der Waals surface area contributed by atoms with Gasteiger partial charge < -0.3 is 0 Å². The van der Waals surface area contributed by atoms with Gasteiger partial charge in [0.05, 0.1) is 8.07 Å². The maximum absolute atomic E-state index is 2.50. The smallest absolute Gasteiger partial charge is 0.0501 e. The molecule has 0 amide bonds. The van der Waals surface area contributed by atoms with Crippen molar-refractivity contribution in [3.8, 4) is 0 Å². The van der Waals surface area contributed by atoms with Crippen molar-refractivity contribution in [1.29, 1.82) is 0 Å². The predicted octanol–water partition coefficient (Wildman–Crippen LogP) is 8.72. The third-order valence-electron chi connectivity index (χ3n) is 5.46. The lowest BCUT2D eigenvalue weighted by molar-refractivity contribution is 0.531. The van der Waals surface area contributed by atoms with Crippen molar-refractivity contribution in [1.82, 2.24) is 0 Å². The van der Waals surface area contributed by atoms with Gasteiger partial charge in [-0.2, -0.15) is 0 Å². The lowest BCUT2D eigenvalue weighted by atomic mass is 10.0. The Bertz CT molecular complexity index is 222. The van der Waals surface area contributed by atoms with E-state index in [9.17, 15) is 0 Å². The summed E-state index contributed by atoms with van der Waals surface area (Å²) in [5.41, 5.74) is 0. The molecule has 0 bridgehead atoms. The fourth-order valence-electron chi connectivity index (χ4n) is 3.27. The number of hydrogen-bond donors (Lipinski definition) is 0. The highest BCUT2D eigenvalue weighted by molar-refractivity contribution is 6.80. The summed E-state index contributed by atoms with van der Waals surface area (Å²) < 4.78 is 0. The minimum Gasteiger partial charge on any atom is -0.0692 e. The molecule has 0 fully saturated rings. The second-order valence-corrected chi connectivity index (χ2v) is 13.4. The fourth-order valence-corrected chi connectivity index (χ4v) is 4.72. The van der Waals surface area contributed by atoms with Gasteiger partial charge in [0, 0.05) is 0 Å². The highest BCUT2D eigenvalue weighted by Crippen LogP contribution is 2.18. The Morgan fingerprint density at radius 1 is 0.522 bits per heavy atom. The van der Waals surface area contributed by atoms with E-state index in [1.807, 2.05) is 0 Å². The quantitative estimate of drug-likeness (QED) is 0.173. The molecular formula is C22H47Si. The van der Waals surface area contributed by atoms with Crippen LogP contribution >= 0.6 is 0 Å². The monoisotopic (exact) mass is 339 g/mol. The maximum Gasteiger partial charge on any atom is 0.0501 e. The van der Waals surface area contributed by atoms with Crippen LogP contribution in [0.3, 0.4) is 0 Å². The Kier molecular flexibility index (Phi) is 17.2. The van der Waals surface area contributed by atoms with Gasteiger partial charge in [0.15, 0.2) is 0 Å². The largest absolute Gasteiger partial charge is 0.0692 e. The van der Waals surface area contributed by atoms with Gasteiger partial charge in [-0.05, 0) is 6.04 Å². The van der Waals surface area contributed by atoms with Crippen molar-refractivity contribution in [3.05, 3.63) is 6.04 Å². The van der Waals surface area contributed by atoms with Gasteiger partial charge in [0.25, 0.3) is 0 Å². The molecule has 0 atom stereocenters. The highest BCUT2D eigenvalue weighted by Gasteiger charge is 2.16. The third kappa shape index (κ3) is 18.4. The van der Waals surface area contributed by atoms with E-state index in [-0.39, 0.29) is 0 Å². The molecule has 0 aromatic heterocycles. The second-order valence-electron chi connectivity index (χ2n) is 8.33. The van der Waals surface area contributed by atoms with Crippen molar-refractivity contribution in [3.63, 3.8) is 0 Å². The fraction of sp³-hybridized carbons (Fsp3) is 0.955. The van der Waals surface area contributed by atoms with Crippen LogP contribution in [0.1, 0.15) is 117 Å². The third-order valence-corrected chi connectivity index (χ3v) is 8.66. The molecule has 0 nitrogen and oxygen atoms in total. The van der Waals surface area contributed by atoms with E-state index in [1.165, 1.54) is 109 Å². The zero-order valence-corrected chi connectivity index (χ0v) is 18.1. The standard InChI is InChI=1S/C22H47Si/c1-5-7-8-9-10-11-12-13-14-15-16-17-18-19-20-21-22-23(3,4)6-2/h6H,5,7-22H2,1-4H3. The van der Waals surface area contributed by atoms with Crippen molar-refractivity contribution >= 4 is 8.07 Å². The molecule has 1 heteroatoms. The molecule has 0 aromatic rings. The van der Waals surface area contributed by atoms with Gasteiger partial charge in [0.2, 0.25) is 0 Å². The van der Waals surface area contributed by atoms with E-state index >= 15 is 0 Å². The summed E-state index contributed by atoms with van der Waals surface area (Å²) in [6, 6.07) is 4.00. The molecule has 0 spiro atoms. The molecule has 0 aliphatic rings. The molecule has 0 saturated heterocycles. The van der Waals surface area contributed by atoms with Crippen LogP contribution in [-0.2, 0) is 0 Å². The molecule has 0 aromatic carbocycles. The summed E-state index contributed by atoms with van der Waals surface area (Å²) in [6.45, 7) is 9.56. The molecule has 139 valence electrons. The normalized spacial score (nSPS) is 12.0. The first kappa shape index (κ1) is 23.2. The minimum absolute atomic E-state index is 0.909. The zero-order valence-electron chi connectivity index (χ0n) is 17.1. The van der Waals surface area contributed by atoms with Crippen molar-refractivity contribution in [2.45, 2.75) is 136 Å². The summed E-state index contributed by atoms with van der Waals surface area (Å²) in [5.74, 6) is 0. The van der Waals surface area contributed by atoms with Crippen LogP contribution in [0.4, 0.5) is 0 Å². The van der Waals surface area contributed by atoms with E-state index < -0.39 is 8.07 Å². The molecule has 0 unspecified atom stereocenters. The molecule has 0 rings (SSSR count). The molecule has 0 heterocycles. The molecule has 0 saturated carbocycles. The van der Waals surface area contributed by atoms with E-state index in [0.29, 0.717) is 0 Å². The average Bonchev–Trinajstić information content (AvgIpc) is 2.54. The van der Waals surface area contributed by atoms with Crippen LogP contribution < -0.4 is 0 Å². The molecular weight excluding hydrogens is 292 g/mol. The first-order valence-corrected chi connectivity index (χ1v) is 14.2. The lowest BCUT2D eigenvalue weighted by Gasteiger charge is -2.19. The van der Waals surface area contributed by atoms with Crippen molar-refractivity contribution < 1.29 is 0 Å². The van der Waals surface area contributed by atoms with Crippen molar-refractivity contribution in [2.75, 3.05) is 0 Å². The first-order valence-electron chi connectivity index (χ1n) is 10.9. The molecule has 0 N–H and O–H groups in total. The molecule has 1 radical (unpaired) electrons. The van der Waals surface area contributed by atoms with Crippen LogP contribution in [0.5, 0.6) is 0 Å². The predicted molar refractivity (Wildman–Crippen MR) is 112 cm³/mol. The Morgan fingerprint density at radius 2 is 0.826 bits per heavy atom. The van der Waals surface area contributed by atoms with E-state index in [1.54, 1.807) is 0 Å². The Labute approximate surface area is 150 Å². The Hall–Kier alpha value is 0.217. The number of hydrogen-bond acceptors (Lipinski definition) is 0. The Morgan fingerprint density at radius 3 is 1.13 bits per heavy atom.